The fourth-order valence-corrected chi connectivity index (χ4v) is 2.69. The Hall–Kier alpha value is -2.63. The van der Waals surface area contributed by atoms with E-state index in [1.54, 1.807) is 30.3 Å². The van der Waals surface area contributed by atoms with Crippen molar-refractivity contribution in [2.45, 2.75) is 26.7 Å². The number of nitrogens with one attached hydrogen (secondary N) is 2. The molecule has 2 amide bonds. The van der Waals surface area contributed by atoms with Crippen LogP contribution in [0, 0.1) is 11.8 Å². The van der Waals surface area contributed by atoms with E-state index < -0.39 is 29.6 Å². The molecule has 0 spiro atoms. The molecule has 1 aromatic rings. The highest BCUT2D eigenvalue weighted by atomic mass is 16.4. The van der Waals surface area contributed by atoms with Crippen LogP contribution in [0.15, 0.2) is 41.5 Å². The summed E-state index contributed by atoms with van der Waals surface area (Å²) in [6, 6.07) is 8.42. The van der Waals surface area contributed by atoms with Crippen LogP contribution in [0.5, 0.6) is 0 Å². The van der Waals surface area contributed by atoms with E-state index in [1.165, 1.54) is 0 Å². The fraction of sp³-hybridized carbons (Fsp3) is 0.353. The van der Waals surface area contributed by atoms with Crippen molar-refractivity contribution in [3.05, 3.63) is 47.0 Å². The van der Waals surface area contributed by atoms with E-state index in [0.717, 1.165) is 11.1 Å². The van der Waals surface area contributed by atoms with Crippen molar-refractivity contribution in [3.8, 4) is 0 Å². The Morgan fingerprint density at radius 3 is 2.09 bits per heavy atom. The van der Waals surface area contributed by atoms with E-state index in [9.17, 15) is 19.5 Å². The number of amides is 2. The lowest BCUT2D eigenvalue weighted by molar-refractivity contribution is -0.313. The zero-order valence-corrected chi connectivity index (χ0v) is 13.1. The van der Waals surface area contributed by atoms with Gasteiger partial charge in [-0.05, 0) is 38.8 Å². The molecule has 0 saturated carbocycles. The van der Waals surface area contributed by atoms with E-state index in [4.69, 9.17) is 0 Å². The Kier molecular flexibility index (Phi) is 5.16. The molecule has 1 aromatic carbocycles. The van der Waals surface area contributed by atoms with E-state index in [0.29, 0.717) is 18.4 Å². The Bertz CT molecular complexity index is 652. The Morgan fingerprint density at radius 1 is 0.957 bits per heavy atom. The van der Waals surface area contributed by atoms with E-state index in [-0.39, 0.29) is 0 Å². The molecular formula is C17H19N2O4-. The van der Waals surface area contributed by atoms with Gasteiger partial charge in [0.05, 0.1) is 5.92 Å². The quantitative estimate of drug-likeness (QED) is 0.629. The number of hydrogen-bond acceptors (Lipinski definition) is 4. The third-order valence-corrected chi connectivity index (χ3v) is 4.24. The van der Waals surface area contributed by atoms with Gasteiger partial charge in [-0.25, -0.2) is 0 Å². The second-order valence-electron chi connectivity index (χ2n) is 5.81. The van der Waals surface area contributed by atoms with Crippen LogP contribution in [0.2, 0.25) is 0 Å². The summed E-state index contributed by atoms with van der Waals surface area (Å²) in [4.78, 5) is 35.4. The zero-order chi connectivity index (χ0) is 17.0. The van der Waals surface area contributed by atoms with Gasteiger partial charge in [0.2, 0.25) is 5.91 Å². The molecule has 0 radical (unpaired) electrons. The number of rotatable bonds is 3. The summed E-state index contributed by atoms with van der Waals surface area (Å²) in [5.74, 6) is -3.85. The summed E-state index contributed by atoms with van der Waals surface area (Å²) in [6.07, 6.45) is 0.635. The zero-order valence-electron chi connectivity index (χ0n) is 13.1. The average Bonchev–Trinajstić information content (AvgIpc) is 2.55. The molecule has 6 nitrogen and oxygen atoms in total. The molecule has 0 aromatic heterocycles. The summed E-state index contributed by atoms with van der Waals surface area (Å²) in [5, 5.41) is 11.3. The van der Waals surface area contributed by atoms with Crippen molar-refractivity contribution in [2.75, 3.05) is 0 Å². The highest BCUT2D eigenvalue weighted by Gasteiger charge is 2.33. The number of aliphatic carboxylic acids is 1. The van der Waals surface area contributed by atoms with Gasteiger partial charge in [0.15, 0.2) is 0 Å². The first kappa shape index (κ1) is 16.7. The monoisotopic (exact) mass is 315 g/mol. The van der Waals surface area contributed by atoms with Crippen molar-refractivity contribution < 1.29 is 19.5 Å². The summed E-state index contributed by atoms with van der Waals surface area (Å²) >= 11 is 0. The summed E-state index contributed by atoms with van der Waals surface area (Å²) in [7, 11) is 0. The van der Waals surface area contributed by atoms with Gasteiger partial charge in [-0.3, -0.25) is 20.4 Å². The lowest BCUT2D eigenvalue weighted by atomic mass is 9.76. The number of hydrogen-bond donors (Lipinski definition) is 2. The van der Waals surface area contributed by atoms with Crippen LogP contribution >= 0.6 is 0 Å². The normalized spacial score (nSPS) is 20.8. The van der Waals surface area contributed by atoms with Crippen LogP contribution in [-0.2, 0) is 9.59 Å². The van der Waals surface area contributed by atoms with Crippen LogP contribution in [0.4, 0.5) is 0 Å². The topological polar surface area (TPSA) is 98.3 Å². The second-order valence-corrected chi connectivity index (χ2v) is 5.81. The predicted molar refractivity (Wildman–Crippen MR) is 81.6 cm³/mol. The molecule has 23 heavy (non-hydrogen) atoms. The Balaban J connectivity index is 2.02. The van der Waals surface area contributed by atoms with Crippen LogP contribution < -0.4 is 16.0 Å². The van der Waals surface area contributed by atoms with E-state index in [1.807, 2.05) is 13.8 Å². The van der Waals surface area contributed by atoms with Gasteiger partial charge in [0, 0.05) is 17.5 Å². The first-order valence-electron chi connectivity index (χ1n) is 7.41. The van der Waals surface area contributed by atoms with Crippen molar-refractivity contribution >= 4 is 17.8 Å². The maximum absolute atomic E-state index is 12.3. The summed E-state index contributed by atoms with van der Waals surface area (Å²) < 4.78 is 0. The second kappa shape index (κ2) is 7.09. The van der Waals surface area contributed by atoms with Crippen LogP contribution in [0.1, 0.15) is 37.0 Å². The minimum absolute atomic E-state index is 0.291. The van der Waals surface area contributed by atoms with Crippen LogP contribution in [0.25, 0.3) is 0 Å². The van der Waals surface area contributed by atoms with E-state index >= 15 is 0 Å². The van der Waals surface area contributed by atoms with Crippen LogP contribution in [0.3, 0.4) is 0 Å². The molecule has 122 valence electrons. The number of benzene rings is 1. The standard InChI is InChI=1S/C17H20N2O4/c1-10-8-13(14(17(22)23)9-11(10)2)16(21)19-18-15(20)12-6-4-3-5-7-12/h3-7,13-14H,8-9H2,1-2H3,(H,18,20)(H,19,21)(H,22,23)/p-1/t13-,14-/m0/s1. The maximum atomic E-state index is 12.3. The minimum Gasteiger partial charge on any atom is -0.550 e. The molecular weight excluding hydrogens is 296 g/mol. The van der Waals surface area contributed by atoms with Gasteiger partial charge in [0.1, 0.15) is 0 Å². The SMILES string of the molecule is CC1=C(C)C[C@H](C(=O)NNC(=O)c2ccccc2)[C@@H](C(=O)[O-])C1. The average molecular weight is 315 g/mol. The Labute approximate surface area is 134 Å². The molecule has 0 bridgehead atoms. The molecule has 2 N–H and O–H groups in total. The van der Waals surface area contributed by atoms with E-state index in [2.05, 4.69) is 10.9 Å². The number of carbonyl (C=O) groups is 3. The molecule has 2 rings (SSSR count). The molecule has 1 aliphatic rings. The molecule has 2 atom stereocenters. The first-order chi connectivity index (χ1) is 10.9. The summed E-state index contributed by atoms with van der Waals surface area (Å²) in [5.41, 5.74) is 7.00. The smallest absolute Gasteiger partial charge is 0.269 e. The number of allylic oxidation sites excluding steroid dienone is 2. The number of carboxylic acid groups (broad SMARTS) is 1. The van der Waals surface area contributed by atoms with Crippen molar-refractivity contribution in [1.82, 2.24) is 10.9 Å². The number of carboxylic acids is 1. The number of carbonyl (C=O) groups excluding carboxylic acids is 3. The van der Waals surface area contributed by atoms with Gasteiger partial charge in [-0.15, -0.1) is 0 Å². The number of hydrazine groups is 1. The largest absolute Gasteiger partial charge is 0.550 e. The van der Waals surface area contributed by atoms with Crippen molar-refractivity contribution in [3.63, 3.8) is 0 Å². The maximum Gasteiger partial charge on any atom is 0.269 e. The molecule has 0 heterocycles. The molecule has 1 aliphatic carbocycles. The van der Waals surface area contributed by atoms with Gasteiger partial charge < -0.3 is 9.90 Å². The van der Waals surface area contributed by atoms with Crippen molar-refractivity contribution in [1.29, 1.82) is 0 Å². The molecule has 0 aliphatic heterocycles. The molecule has 0 saturated heterocycles. The summed E-state index contributed by atoms with van der Waals surface area (Å²) in [6.45, 7) is 3.74. The third-order valence-electron chi connectivity index (χ3n) is 4.24. The first-order valence-corrected chi connectivity index (χ1v) is 7.41. The van der Waals surface area contributed by atoms with Crippen LogP contribution in [-0.4, -0.2) is 17.8 Å². The molecule has 6 heteroatoms. The van der Waals surface area contributed by atoms with Gasteiger partial charge in [-0.1, -0.05) is 29.3 Å². The minimum atomic E-state index is -1.24. The Morgan fingerprint density at radius 2 is 1.52 bits per heavy atom. The lowest BCUT2D eigenvalue weighted by Gasteiger charge is -2.32. The highest BCUT2D eigenvalue weighted by Crippen LogP contribution is 2.33. The van der Waals surface area contributed by atoms with Crippen molar-refractivity contribution in [2.24, 2.45) is 11.8 Å². The highest BCUT2D eigenvalue weighted by molar-refractivity contribution is 5.95. The fourth-order valence-electron chi connectivity index (χ4n) is 2.69. The van der Waals surface area contributed by atoms with Gasteiger partial charge in [-0.2, -0.15) is 0 Å². The molecule has 0 unspecified atom stereocenters. The lowest BCUT2D eigenvalue weighted by Crippen LogP contribution is -2.49. The predicted octanol–water partition coefficient (Wildman–Crippen LogP) is 0.560. The van der Waals surface area contributed by atoms with Gasteiger partial charge in [0.25, 0.3) is 5.91 Å². The third kappa shape index (κ3) is 3.97. The van der Waals surface area contributed by atoms with Gasteiger partial charge >= 0.3 is 0 Å². The molecule has 0 fully saturated rings.